The van der Waals surface area contributed by atoms with Crippen molar-refractivity contribution in [3.63, 3.8) is 0 Å². The number of methoxy groups -OCH3 is 2. The first-order chi connectivity index (χ1) is 13.8. The Hall–Kier alpha value is -3.47. The molecule has 2 aromatic carbocycles. The van der Waals surface area contributed by atoms with Crippen molar-refractivity contribution in [2.45, 2.75) is 0 Å². The van der Waals surface area contributed by atoms with E-state index in [9.17, 15) is 19.7 Å². The predicted molar refractivity (Wildman–Crippen MR) is 108 cm³/mol. The Morgan fingerprint density at radius 1 is 1.17 bits per heavy atom. The van der Waals surface area contributed by atoms with Gasteiger partial charge in [0, 0.05) is 17.2 Å². The second-order valence-electron chi connectivity index (χ2n) is 5.51. The monoisotopic (exact) mass is 464 g/mol. The zero-order valence-electron chi connectivity index (χ0n) is 15.5. The van der Waals surface area contributed by atoms with Gasteiger partial charge in [-0.25, -0.2) is 5.43 Å². The highest BCUT2D eigenvalue weighted by Gasteiger charge is 2.13. The molecule has 0 aliphatic carbocycles. The molecule has 2 amide bonds. The molecule has 0 aliphatic rings. The van der Waals surface area contributed by atoms with Crippen LogP contribution in [0.3, 0.4) is 0 Å². The fraction of sp³-hybridized carbons (Fsp3) is 0.167. The van der Waals surface area contributed by atoms with Crippen LogP contribution in [0, 0.1) is 10.1 Å². The summed E-state index contributed by atoms with van der Waals surface area (Å²) in [6.45, 7) is -0.314. The van der Waals surface area contributed by atoms with Crippen LogP contribution in [0.15, 0.2) is 46.0 Å². The van der Waals surface area contributed by atoms with E-state index in [-0.39, 0.29) is 12.2 Å². The summed E-state index contributed by atoms with van der Waals surface area (Å²) < 4.78 is 10.6. The lowest BCUT2D eigenvalue weighted by atomic mass is 10.2. The maximum atomic E-state index is 12.2. The van der Waals surface area contributed by atoms with E-state index in [1.165, 1.54) is 44.7 Å². The molecule has 0 aromatic heterocycles. The molecule has 2 aromatic rings. The molecule has 152 valence electrons. The number of benzene rings is 2. The summed E-state index contributed by atoms with van der Waals surface area (Å²) in [6.07, 6.45) is 1.26. The van der Waals surface area contributed by atoms with Gasteiger partial charge in [0.25, 0.3) is 17.5 Å². The van der Waals surface area contributed by atoms with Gasteiger partial charge in [-0.3, -0.25) is 19.7 Å². The van der Waals surface area contributed by atoms with Crippen LogP contribution < -0.4 is 20.2 Å². The fourth-order valence-electron chi connectivity index (χ4n) is 2.21. The van der Waals surface area contributed by atoms with Crippen molar-refractivity contribution in [1.29, 1.82) is 0 Å². The Kier molecular flexibility index (Phi) is 7.66. The average molecular weight is 465 g/mol. The molecular formula is C18H17BrN4O6. The maximum Gasteiger partial charge on any atom is 0.284 e. The topological polar surface area (TPSA) is 132 Å². The van der Waals surface area contributed by atoms with Crippen LogP contribution in [-0.4, -0.2) is 43.7 Å². The predicted octanol–water partition coefficient (Wildman–Crippen LogP) is 2.25. The molecule has 0 radical (unpaired) electrons. The largest absolute Gasteiger partial charge is 0.493 e. The fourth-order valence-corrected chi connectivity index (χ4v) is 2.60. The van der Waals surface area contributed by atoms with Crippen molar-refractivity contribution in [1.82, 2.24) is 10.7 Å². The molecule has 0 saturated carbocycles. The Labute approximate surface area is 174 Å². The number of carbonyl (C=O) groups is 2. The molecule has 11 heteroatoms. The van der Waals surface area contributed by atoms with Gasteiger partial charge >= 0.3 is 0 Å². The molecular weight excluding hydrogens is 448 g/mol. The van der Waals surface area contributed by atoms with Crippen LogP contribution in [0.1, 0.15) is 15.9 Å². The van der Waals surface area contributed by atoms with Crippen molar-refractivity contribution >= 4 is 39.6 Å². The van der Waals surface area contributed by atoms with Crippen LogP contribution in [0.2, 0.25) is 0 Å². The lowest BCUT2D eigenvalue weighted by Gasteiger charge is -2.09. The van der Waals surface area contributed by atoms with E-state index < -0.39 is 16.7 Å². The number of hydrogen-bond acceptors (Lipinski definition) is 7. The van der Waals surface area contributed by atoms with E-state index in [0.717, 1.165) is 0 Å². The Balaban J connectivity index is 1.90. The van der Waals surface area contributed by atoms with Gasteiger partial charge in [0.05, 0.1) is 36.4 Å². The summed E-state index contributed by atoms with van der Waals surface area (Å²) >= 11 is 3.08. The summed E-state index contributed by atoms with van der Waals surface area (Å²) in [7, 11) is 2.93. The van der Waals surface area contributed by atoms with Crippen molar-refractivity contribution in [3.8, 4) is 11.5 Å². The third-order valence-electron chi connectivity index (χ3n) is 3.62. The van der Waals surface area contributed by atoms with Gasteiger partial charge in [0.15, 0.2) is 11.5 Å². The minimum atomic E-state index is -0.568. The van der Waals surface area contributed by atoms with Crippen molar-refractivity contribution in [2.75, 3.05) is 20.8 Å². The van der Waals surface area contributed by atoms with Gasteiger partial charge in [0.2, 0.25) is 0 Å². The molecule has 0 unspecified atom stereocenters. The van der Waals surface area contributed by atoms with E-state index in [2.05, 4.69) is 31.8 Å². The lowest BCUT2D eigenvalue weighted by Crippen LogP contribution is -2.34. The van der Waals surface area contributed by atoms with Gasteiger partial charge in [-0.15, -0.1) is 0 Å². The van der Waals surface area contributed by atoms with Crippen LogP contribution in [0.4, 0.5) is 5.69 Å². The summed E-state index contributed by atoms with van der Waals surface area (Å²) in [5.41, 5.74) is 2.83. The van der Waals surface area contributed by atoms with E-state index >= 15 is 0 Å². The summed E-state index contributed by atoms with van der Waals surface area (Å²) in [5.74, 6) is -0.183. The maximum absolute atomic E-state index is 12.2. The number of ether oxygens (including phenoxy) is 2. The van der Waals surface area contributed by atoms with Gasteiger partial charge in [-0.05, 0) is 40.2 Å². The number of hydrazone groups is 1. The number of hydrogen-bond donors (Lipinski definition) is 2. The third kappa shape index (κ3) is 6.01. The van der Waals surface area contributed by atoms with E-state index in [1.54, 1.807) is 12.1 Å². The molecule has 10 nitrogen and oxygen atoms in total. The lowest BCUT2D eigenvalue weighted by molar-refractivity contribution is -0.385. The minimum Gasteiger partial charge on any atom is -0.493 e. The number of halogens is 1. The van der Waals surface area contributed by atoms with Gasteiger partial charge in [-0.2, -0.15) is 5.10 Å². The number of amides is 2. The van der Waals surface area contributed by atoms with Crippen LogP contribution in [0.5, 0.6) is 11.5 Å². The highest BCUT2D eigenvalue weighted by molar-refractivity contribution is 9.10. The van der Waals surface area contributed by atoms with Crippen molar-refractivity contribution in [3.05, 3.63) is 62.1 Å². The highest BCUT2D eigenvalue weighted by atomic mass is 79.9. The zero-order valence-corrected chi connectivity index (χ0v) is 17.1. The van der Waals surface area contributed by atoms with Crippen LogP contribution >= 0.6 is 15.9 Å². The molecule has 0 bridgehead atoms. The average Bonchev–Trinajstić information content (AvgIpc) is 2.72. The first kappa shape index (κ1) is 21.8. The molecule has 0 heterocycles. The molecule has 2 N–H and O–H groups in total. The second kappa shape index (κ2) is 10.2. The molecule has 0 atom stereocenters. The number of carbonyl (C=O) groups excluding carboxylic acids is 2. The number of nitrogens with zero attached hydrogens (tertiary/aromatic N) is 2. The third-order valence-corrected chi connectivity index (χ3v) is 4.30. The Bertz CT molecular complexity index is 963. The van der Waals surface area contributed by atoms with Gasteiger partial charge in [0.1, 0.15) is 0 Å². The molecule has 0 aliphatic heterocycles. The van der Waals surface area contributed by atoms with Crippen LogP contribution in [0.25, 0.3) is 0 Å². The summed E-state index contributed by atoms with van der Waals surface area (Å²) in [6, 6.07) is 9.00. The second-order valence-corrected chi connectivity index (χ2v) is 6.37. The summed E-state index contributed by atoms with van der Waals surface area (Å²) in [5, 5.41) is 17.1. The first-order valence-corrected chi connectivity index (χ1v) is 8.91. The normalized spacial score (nSPS) is 10.4. The van der Waals surface area contributed by atoms with Gasteiger partial charge < -0.3 is 14.8 Å². The standard InChI is InChI=1S/C18H17BrN4O6/c1-28-15-6-4-12(8-16(15)29-2)18(25)20-10-17(24)22-21-9-11-3-5-13(19)14(7-11)23(26)27/h3-9H,10H2,1-2H3,(H,20,25)(H,22,24)/b21-9-. The van der Waals surface area contributed by atoms with Crippen molar-refractivity contribution < 1.29 is 24.0 Å². The van der Waals surface area contributed by atoms with E-state index in [1.807, 2.05) is 0 Å². The molecule has 2 rings (SSSR count). The quantitative estimate of drug-likeness (QED) is 0.349. The SMILES string of the molecule is COc1ccc(C(=O)NCC(=O)N/N=C\c2ccc(Br)c([N+](=O)[O-])c2)cc1OC. The first-order valence-electron chi connectivity index (χ1n) is 8.11. The molecule has 29 heavy (non-hydrogen) atoms. The summed E-state index contributed by atoms with van der Waals surface area (Å²) in [4.78, 5) is 34.3. The van der Waals surface area contributed by atoms with Gasteiger partial charge in [-0.1, -0.05) is 6.07 Å². The smallest absolute Gasteiger partial charge is 0.284 e. The Morgan fingerprint density at radius 3 is 2.55 bits per heavy atom. The number of nitro benzene ring substituents is 1. The van der Waals surface area contributed by atoms with E-state index in [0.29, 0.717) is 27.1 Å². The number of nitrogens with one attached hydrogen (secondary N) is 2. The number of rotatable bonds is 8. The van der Waals surface area contributed by atoms with Crippen molar-refractivity contribution in [2.24, 2.45) is 5.10 Å². The minimum absolute atomic E-state index is 0.123. The zero-order chi connectivity index (χ0) is 21.4. The Morgan fingerprint density at radius 2 is 1.90 bits per heavy atom. The molecule has 0 spiro atoms. The molecule has 0 fully saturated rings. The molecule has 0 saturated heterocycles. The highest BCUT2D eigenvalue weighted by Crippen LogP contribution is 2.27. The van der Waals surface area contributed by atoms with Crippen LogP contribution in [-0.2, 0) is 4.79 Å². The van der Waals surface area contributed by atoms with E-state index in [4.69, 9.17) is 9.47 Å². The number of nitro groups is 1.